The van der Waals surface area contributed by atoms with E-state index in [0.29, 0.717) is 0 Å². The molecule has 0 aliphatic rings. The molecule has 0 nitrogen and oxygen atoms in total. The first-order valence-corrected chi connectivity index (χ1v) is 3.02. The molecule has 0 aliphatic carbocycles. The van der Waals surface area contributed by atoms with Crippen LogP contribution < -0.4 is 0 Å². The fourth-order valence-electron chi connectivity index (χ4n) is 0. The number of hydrogen-bond donors (Lipinski definition) is 0. The summed E-state index contributed by atoms with van der Waals surface area (Å²) in [6.07, 6.45) is 4.88. The monoisotopic (exact) mass is 379 g/mol. The van der Waals surface area contributed by atoms with E-state index in [2.05, 4.69) is 27.4 Å². The van der Waals surface area contributed by atoms with E-state index in [-0.39, 0.29) is 0 Å². The molecule has 0 unspecified atom stereocenters. The minimum Gasteiger partial charge on any atom is -0.343 e. The smallest absolute Gasteiger partial charge is 0 e. The van der Waals surface area contributed by atoms with Gasteiger partial charge in [-0.25, -0.2) is 0 Å². The summed E-state index contributed by atoms with van der Waals surface area (Å²) < 4.78 is 0. The molecule has 0 aromatic rings. The number of rotatable bonds is 2. The van der Waals surface area contributed by atoms with E-state index in [0.717, 1.165) is 12.8 Å². The van der Waals surface area contributed by atoms with Gasteiger partial charge in [-0.1, -0.05) is 13.3 Å². The number of hydrogen-bond acceptors (Lipinski definition) is 0. The van der Waals surface area contributed by atoms with E-state index in [1.165, 1.54) is 6.42 Å². The Labute approximate surface area is 53.6 Å². The topological polar surface area (TPSA) is 0 Å². The maximum atomic E-state index is 3.60. The van der Waals surface area contributed by atoms with Crippen LogP contribution in [0.25, 0.3) is 0 Å². The van der Waals surface area contributed by atoms with Crippen LogP contribution >= 0.6 is 0 Å². The molecule has 0 aromatic carbocycles. The molecular formula is C8H16Rf-2. The molecule has 0 fully saturated rings. The van der Waals surface area contributed by atoms with Gasteiger partial charge in [0, 0.05) is 0 Å². The molecule has 0 N–H and O–H groups in total. The van der Waals surface area contributed by atoms with Gasteiger partial charge in [-0.2, -0.15) is 12.8 Å². The second-order valence-electron chi connectivity index (χ2n) is 1.43. The molecular weight excluding hydrogens is 363 g/mol. The number of unbranched alkanes of at least 4 members (excludes halogenated alkanes) is 1. The molecule has 0 atom stereocenters. The minimum absolute atomic E-state index is 0. The zero-order chi connectivity index (χ0) is 6.83. The SMILES string of the molecule is C=CC[CH2-].[CH2-]CCC.[Rf]. The summed E-state index contributed by atoms with van der Waals surface area (Å²) in [7, 11) is 0. The van der Waals surface area contributed by atoms with Crippen molar-refractivity contribution in [2.45, 2.75) is 26.2 Å². The summed E-state index contributed by atoms with van der Waals surface area (Å²) in [5, 5.41) is 0. The molecule has 0 amide bonds. The Morgan fingerprint density at radius 3 is 1.67 bits per heavy atom. The van der Waals surface area contributed by atoms with Crippen molar-refractivity contribution in [3.05, 3.63) is 26.5 Å². The van der Waals surface area contributed by atoms with Gasteiger partial charge in [0.05, 0.1) is 0 Å². The zero-order valence-corrected chi connectivity index (χ0v) is 12.9. The largest absolute Gasteiger partial charge is 0.343 e. The average Bonchev–Trinajstić information content (AvgIpc) is 1.88. The Balaban J connectivity index is -0.0000000720. The van der Waals surface area contributed by atoms with Crippen molar-refractivity contribution in [2.24, 2.45) is 0 Å². The second kappa shape index (κ2) is 29.6. The Morgan fingerprint density at radius 1 is 1.44 bits per heavy atom. The third-order valence-electron chi connectivity index (χ3n) is 0.558. The van der Waals surface area contributed by atoms with Crippen molar-refractivity contribution in [1.29, 1.82) is 0 Å². The third-order valence-corrected chi connectivity index (χ3v) is 0.558. The molecule has 0 radical (unpaired) electrons. The van der Waals surface area contributed by atoms with Gasteiger partial charge in [0.15, 0.2) is 0 Å². The van der Waals surface area contributed by atoms with E-state index in [1.807, 2.05) is 0 Å². The fraction of sp³-hybridized carbons (Fsp3) is 0.500. The first kappa shape index (κ1) is 15.6. The van der Waals surface area contributed by atoms with Gasteiger partial charge in [-0.15, -0.1) is 12.7 Å². The summed E-state index contributed by atoms with van der Waals surface area (Å²) >= 11 is 0. The number of allylic oxidation sites excluding steroid dienone is 1. The van der Waals surface area contributed by atoms with Crippen molar-refractivity contribution in [3.8, 4) is 0 Å². The Hall–Kier alpha value is -1.26. The Bertz CT molecular complexity index is 31.5. The van der Waals surface area contributed by atoms with Crippen LogP contribution in [0.1, 0.15) is 26.2 Å². The summed E-state index contributed by atoms with van der Waals surface area (Å²) in [6.45, 7) is 12.6. The van der Waals surface area contributed by atoms with Crippen LogP contribution in [0.15, 0.2) is 12.7 Å². The molecule has 0 aromatic heterocycles. The van der Waals surface area contributed by atoms with Gasteiger partial charge in [0.1, 0.15) is 0 Å². The van der Waals surface area contributed by atoms with Crippen molar-refractivity contribution >= 4 is 0 Å². The van der Waals surface area contributed by atoms with E-state index in [1.54, 1.807) is 6.08 Å². The molecule has 0 spiro atoms. The predicted octanol–water partition coefficient (Wildman–Crippen LogP) is 3.02. The predicted molar refractivity (Wildman–Crippen MR) is 40.4 cm³/mol. The van der Waals surface area contributed by atoms with Crippen LogP contribution in [0.5, 0.6) is 0 Å². The molecule has 0 saturated heterocycles. The first-order valence-electron chi connectivity index (χ1n) is 3.02. The van der Waals surface area contributed by atoms with Crippen molar-refractivity contribution in [2.75, 3.05) is 0 Å². The van der Waals surface area contributed by atoms with Crippen LogP contribution in [-0.2, 0) is 0 Å². The van der Waals surface area contributed by atoms with Gasteiger partial charge < -0.3 is 13.8 Å². The Kier molecular flexibility index (Phi) is 51.4. The maximum absolute atomic E-state index is 3.60. The molecule has 0 rings (SSSR count). The standard InChI is InChI=1S/C4H9.C4H7.Rf/c2*1-3-4-2;/h1,3-4H2,2H3;3H,1-2,4H2;/q2*-1;. The maximum Gasteiger partial charge on any atom is 0 e. The fourth-order valence-corrected chi connectivity index (χ4v) is 0. The summed E-state index contributed by atoms with van der Waals surface area (Å²) in [5.74, 6) is 0. The average molecular weight is 379 g/mol. The molecule has 0 aliphatic heterocycles. The van der Waals surface area contributed by atoms with E-state index in [9.17, 15) is 0 Å². The van der Waals surface area contributed by atoms with Crippen molar-refractivity contribution < 1.29 is 0 Å². The van der Waals surface area contributed by atoms with Gasteiger partial charge in [-0.05, 0) is 0 Å². The van der Waals surface area contributed by atoms with E-state index in [4.69, 9.17) is 0 Å². The molecule has 0 heterocycles. The van der Waals surface area contributed by atoms with Crippen LogP contribution in [0, 0.1) is 13.8 Å². The molecule has 0 bridgehead atoms. The molecule has 9 heavy (non-hydrogen) atoms. The van der Waals surface area contributed by atoms with Gasteiger partial charge in [0.25, 0.3) is 0 Å². The van der Waals surface area contributed by atoms with Gasteiger partial charge in [-0.3, -0.25) is 0 Å². The van der Waals surface area contributed by atoms with Crippen LogP contribution in [-0.4, -0.2) is 0 Å². The normalized spacial score (nSPS) is 6.11. The first-order chi connectivity index (χ1) is 3.83. The molecule has 0 saturated carbocycles. The second-order valence-corrected chi connectivity index (χ2v) is 1.43. The minimum atomic E-state index is 0. The van der Waals surface area contributed by atoms with Gasteiger partial charge in [0.2, 0.25) is 0 Å². The van der Waals surface area contributed by atoms with E-state index < -0.39 is 0 Å². The van der Waals surface area contributed by atoms with E-state index >= 15 is 0 Å². The summed E-state index contributed by atoms with van der Waals surface area (Å²) in [4.78, 5) is 0. The molecule has 1 heteroatoms. The van der Waals surface area contributed by atoms with Crippen molar-refractivity contribution in [3.63, 3.8) is 0 Å². The van der Waals surface area contributed by atoms with Crippen LogP contribution in [0.4, 0.5) is 0 Å². The van der Waals surface area contributed by atoms with Gasteiger partial charge >= 0.3 is 0 Å². The quantitative estimate of drug-likeness (QED) is 0.511. The summed E-state index contributed by atoms with van der Waals surface area (Å²) in [6, 6.07) is 0. The van der Waals surface area contributed by atoms with Crippen molar-refractivity contribution in [1.82, 2.24) is 0 Å². The Morgan fingerprint density at radius 2 is 1.67 bits per heavy atom. The van der Waals surface area contributed by atoms with Crippen LogP contribution in [0.3, 0.4) is 0 Å². The summed E-state index contributed by atoms with van der Waals surface area (Å²) in [5.41, 5.74) is 0. The third kappa shape index (κ3) is 277. The van der Waals surface area contributed by atoms with Crippen LogP contribution in [0.2, 0.25) is 0 Å². The zero-order valence-electron chi connectivity index (χ0n) is 6.53. The molecule has 52 valence electrons.